The third-order valence-electron chi connectivity index (χ3n) is 4.78. The van der Waals surface area contributed by atoms with Crippen molar-refractivity contribution in [1.82, 2.24) is 0 Å². The Morgan fingerprint density at radius 2 is 1.04 bits per heavy atom. The van der Waals surface area contributed by atoms with Gasteiger partial charge in [-0.25, -0.2) is 0 Å². The number of rotatable bonds is 19. The van der Waals surface area contributed by atoms with Crippen LogP contribution < -0.4 is 0 Å². The summed E-state index contributed by atoms with van der Waals surface area (Å²) in [6, 6.07) is 2.25. The Morgan fingerprint density at radius 3 is 1.42 bits per heavy atom. The van der Waals surface area contributed by atoms with Crippen molar-refractivity contribution in [3.8, 4) is 6.07 Å². The zero-order valence-corrected chi connectivity index (χ0v) is 17.5. The van der Waals surface area contributed by atoms with Gasteiger partial charge < -0.3 is 0 Å². The molecule has 0 heterocycles. The van der Waals surface area contributed by atoms with Gasteiger partial charge in [-0.15, -0.1) is 0 Å². The first-order valence-electron chi connectivity index (χ1n) is 10.8. The lowest BCUT2D eigenvalue weighted by Crippen LogP contribution is -1.95. The maximum Gasteiger partial charge on any atom is 0.0633 e. The van der Waals surface area contributed by atoms with E-state index in [2.05, 4.69) is 19.9 Å². The first kappa shape index (κ1) is 23.8. The van der Waals surface area contributed by atoms with Gasteiger partial charge in [-0.3, -0.25) is 0 Å². The summed E-state index contributed by atoms with van der Waals surface area (Å²) in [5.41, 5.74) is 0. The molecule has 0 saturated carbocycles. The van der Waals surface area contributed by atoms with E-state index in [1.165, 1.54) is 108 Å². The molecular formula is C22H43NS. The van der Waals surface area contributed by atoms with Crippen LogP contribution in [-0.4, -0.2) is 11.0 Å². The average Bonchev–Trinajstić information content (AvgIpc) is 2.58. The lowest BCUT2D eigenvalue weighted by molar-refractivity contribution is 0.531. The van der Waals surface area contributed by atoms with Gasteiger partial charge in [-0.05, 0) is 12.2 Å². The van der Waals surface area contributed by atoms with E-state index in [0.717, 1.165) is 0 Å². The van der Waals surface area contributed by atoms with Gasteiger partial charge in [0.25, 0.3) is 0 Å². The number of unbranched alkanes of at least 4 members (excludes halogenated alkanes) is 15. The molecule has 0 amide bonds. The Kier molecular flexibility index (Phi) is 20.7. The van der Waals surface area contributed by atoms with Gasteiger partial charge in [0.15, 0.2) is 0 Å². The molecule has 1 nitrogen and oxygen atoms in total. The molecule has 24 heavy (non-hydrogen) atoms. The van der Waals surface area contributed by atoms with Crippen LogP contribution >= 0.6 is 11.8 Å². The molecule has 0 radical (unpaired) electrons. The van der Waals surface area contributed by atoms with Gasteiger partial charge in [0.1, 0.15) is 0 Å². The van der Waals surface area contributed by atoms with Crippen molar-refractivity contribution < 1.29 is 0 Å². The van der Waals surface area contributed by atoms with Crippen molar-refractivity contribution in [1.29, 1.82) is 5.26 Å². The fourth-order valence-electron chi connectivity index (χ4n) is 3.12. The van der Waals surface area contributed by atoms with E-state index in [1.807, 2.05) is 11.8 Å². The fraction of sp³-hybridized carbons (Fsp3) is 0.955. The molecule has 0 aromatic heterocycles. The molecule has 0 aromatic rings. The van der Waals surface area contributed by atoms with Crippen molar-refractivity contribution >= 4 is 11.8 Å². The predicted octanol–water partition coefficient (Wildman–Crippen LogP) is 8.28. The largest absolute Gasteiger partial charge is 0.198 e. The number of hydrogen-bond acceptors (Lipinski definition) is 2. The summed E-state index contributed by atoms with van der Waals surface area (Å²) >= 11 is 1.97. The summed E-state index contributed by atoms with van der Waals surface area (Å²) < 4.78 is 0. The Labute approximate surface area is 157 Å². The Balaban J connectivity index is 3.02. The first-order chi connectivity index (χ1) is 11.8. The zero-order valence-electron chi connectivity index (χ0n) is 16.7. The minimum Gasteiger partial charge on any atom is -0.198 e. The quantitative estimate of drug-likeness (QED) is 0.218. The SMILES string of the molecule is CCCCCCCCCCCCCCCCCCSC(C)CC#N. The van der Waals surface area contributed by atoms with E-state index in [1.54, 1.807) is 0 Å². The summed E-state index contributed by atoms with van der Waals surface area (Å²) in [4.78, 5) is 0. The molecule has 0 aliphatic carbocycles. The molecule has 0 aliphatic rings. The van der Waals surface area contributed by atoms with Crippen LogP contribution in [0.2, 0.25) is 0 Å². The van der Waals surface area contributed by atoms with E-state index in [0.29, 0.717) is 11.7 Å². The third-order valence-corrected chi connectivity index (χ3v) is 6.04. The number of thioether (sulfide) groups is 1. The number of hydrogen-bond donors (Lipinski definition) is 0. The normalized spacial score (nSPS) is 12.2. The van der Waals surface area contributed by atoms with Crippen LogP contribution in [0.25, 0.3) is 0 Å². The van der Waals surface area contributed by atoms with E-state index < -0.39 is 0 Å². The van der Waals surface area contributed by atoms with Crippen LogP contribution in [0.5, 0.6) is 0 Å². The molecular weight excluding hydrogens is 310 g/mol. The highest BCUT2D eigenvalue weighted by Crippen LogP contribution is 2.17. The average molecular weight is 354 g/mol. The van der Waals surface area contributed by atoms with Crippen LogP contribution in [0.4, 0.5) is 0 Å². The van der Waals surface area contributed by atoms with Gasteiger partial charge in [0, 0.05) is 11.7 Å². The summed E-state index contributed by atoms with van der Waals surface area (Å²) in [5, 5.41) is 9.14. The lowest BCUT2D eigenvalue weighted by atomic mass is 10.0. The Bertz CT molecular complexity index is 272. The number of nitriles is 1. The van der Waals surface area contributed by atoms with E-state index in [9.17, 15) is 0 Å². The molecule has 0 spiro atoms. The molecule has 0 fully saturated rings. The molecule has 1 unspecified atom stereocenters. The molecule has 0 rings (SSSR count). The van der Waals surface area contributed by atoms with Crippen LogP contribution in [0.3, 0.4) is 0 Å². The highest BCUT2D eigenvalue weighted by molar-refractivity contribution is 7.99. The third kappa shape index (κ3) is 19.9. The van der Waals surface area contributed by atoms with Crippen LogP contribution in [0.1, 0.15) is 123 Å². The number of nitrogens with zero attached hydrogens (tertiary/aromatic N) is 1. The van der Waals surface area contributed by atoms with Crippen molar-refractivity contribution in [2.75, 3.05) is 5.75 Å². The monoisotopic (exact) mass is 353 g/mol. The molecule has 142 valence electrons. The highest BCUT2D eigenvalue weighted by Gasteiger charge is 2.00. The second kappa shape index (κ2) is 20.9. The van der Waals surface area contributed by atoms with E-state index in [-0.39, 0.29) is 0 Å². The topological polar surface area (TPSA) is 23.8 Å². The van der Waals surface area contributed by atoms with Gasteiger partial charge in [-0.1, -0.05) is 110 Å². The van der Waals surface area contributed by atoms with E-state index in [4.69, 9.17) is 5.26 Å². The smallest absolute Gasteiger partial charge is 0.0633 e. The maximum absolute atomic E-state index is 8.62. The Hall–Kier alpha value is -0.160. The second-order valence-corrected chi connectivity index (χ2v) is 8.89. The molecule has 0 N–H and O–H groups in total. The van der Waals surface area contributed by atoms with Crippen LogP contribution in [0, 0.1) is 11.3 Å². The minimum absolute atomic E-state index is 0.520. The summed E-state index contributed by atoms with van der Waals surface area (Å²) in [6.07, 6.45) is 23.6. The summed E-state index contributed by atoms with van der Waals surface area (Å²) in [6.45, 7) is 4.46. The summed E-state index contributed by atoms with van der Waals surface area (Å²) in [7, 11) is 0. The molecule has 0 bridgehead atoms. The predicted molar refractivity (Wildman–Crippen MR) is 112 cm³/mol. The van der Waals surface area contributed by atoms with Crippen molar-refractivity contribution in [2.45, 2.75) is 128 Å². The molecule has 0 aliphatic heterocycles. The lowest BCUT2D eigenvalue weighted by Gasteiger charge is -2.06. The fourth-order valence-corrected chi connectivity index (χ4v) is 4.09. The Morgan fingerprint density at radius 1 is 0.667 bits per heavy atom. The second-order valence-electron chi connectivity index (χ2n) is 7.35. The standard InChI is InChI=1S/C22H43NS/c1-3-4-5-6-7-8-9-10-11-12-13-14-15-16-17-18-21-24-22(2)19-20-23/h22H,3-19,21H2,1-2H3. The van der Waals surface area contributed by atoms with Crippen LogP contribution in [-0.2, 0) is 0 Å². The zero-order chi connectivity index (χ0) is 17.7. The van der Waals surface area contributed by atoms with Crippen molar-refractivity contribution in [3.05, 3.63) is 0 Å². The van der Waals surface area contributed by atoms with Crippen molar-refractivity contribution in [2.24, 2.45) is 0 Å². The minimum atomic E-state index is 0.520. The summed E-state index contributed by atoms with van der Waals surface area (Å²) in [5.74, 6) is 1.24. The highest BCUT2D eigenvalue weighted by atomic mass is 32.2. The maximum atomic E-state index is 8.62. The van der Waals surface area contributed by atoms with Gasteiger partial charge in [0.2, 0.25) is 0 Å². The van der Waals surface area contributed by atoms with Gasteiger partial charge in [-0.2, -0.15) is 17.0 Å². The molecule has 0 saturated heterocycles. The van der Waals surface area contributed by atoms with Crippen LogP contribution in [0.15, 0.2) is 0 Å². The van der Waals surface area contributed by atoms with Gasteiger partial charge >= 0.3 is 0 Å². The van der Waals surface area contributed by atoms with Crippen molar-refractivity contribution in [3.63, 3.8) is 0 Å². The molecule has 2 heteroatoms. The molecule has 1 atom stereocenters. The van der Waals surface area contributed by atoms with Gasteiger partial charge in [0.05, 0.1) is 6.07 Å². The van der Waals surface area contributed by atoms with E-state index >= 15 is 0 Å². The molecule has 0 aromatic carbocycles. The first-order valence-corrected chi connectivity index (χ1v) is 11.8.